The SMILES string of the molecule is N[C@@H]1CN(c2nc(NCc3nc4ccccc4[nH]3)n3ncc(Br)c3n2)CC12CC2. The summed E-state index contributed by atoms with van der Waals surface area (Å²) >= 11 is 3.55. The molecule has 2 fully saturated rings. The minimum Gasteiger partial charge on any atom is -0.347 e. The molecule has 1 atom stereocenters. The van der Waals surface area contributed by atoms with Gasteiger partial charge in [-0.25, -0.2) is 4.98 Å². The van der Waals surface area contributed by atoms with E-state index in [1.165, 1.54) is 12.8 Å². The van der Waals surface area contributed by atoms with Crippen LogP contribution in [0.4, 0.5) is 11.9 Å². The topological polar surface area (TPSA) is 113 Å². The Labute approximate surface area is 174 Å². The van der Waals surface area contributed by atoms with Crippen LogP contribution in [0.25, 0.3) is 16.7 Å². The largest absolute Gasteiger partial charge is 0.347 e. The molecule has 1 spiro atoms. The number of aromatic nitrogens is 6. The fraction of sp³-hybridized carbons (Fsp3) is 0.368. The molecule has 4 aromatic rings. The molecular weight excluding hydrogens is 434 g/mol. The third kappa shape index (κ3) is 2.77. The summed E-state index contributed by atoms with van der Waals surface area (Å²) in [6, 6.07) is 8.16. The van der Waals surface area contributed by atoms with Gasteiger partial charge in [-0.1, -0.05) is 12.1 Å². The van der Waals surface area contributed by atoms with Crippen molar-refractivity contribution in [3.05, 3.63) is 40.8 Å². The number of H-pyrrole nitrogens is 1. The lowest BCUT2D eigenvalue weighted by molar-refractivity contribution is 0.499. The van der Waals surface area contributed by atoms with E-state index in [4.69, 9.17) is 15.7 Å². The number of benzene rings is 1. The molecule has 3 aromatic heterocycles. The molecule has 2 aliphatic rings. The van der Waals surface area contributed by atoms with E-state index in [0.29, 0.717) is 18.4 Å². The number of para-hydroxylation sites is 2. The number of rotatable bonds is 4. The Morgan fingerprint density at radius 2 is 2.10 bits per heavy atom. The Kier molecular flexibility index (Phi) is 3.63. The van der Waals surface area contributed by atoms with Gasteiger partial charge in [-0.15, -0.1) is 0 Å². The molecule has 0 radical (unpaired) electrons. The first-order valence-corrected chi connectivity index (χ1v) is 10.5. The first-order valence-electron chi connectivity index (χ1n) is 9.71. The van der Waals surface area contributed by atoms with E-state index in [0.717, 1.165) is 40.1 Å². The first kappa shape index (κ1) is 17.2. The fourth-order valence-corrected chi connectivity index (χ4v) is 4.53. The van der Waals surface area contributed by atoms with Crippen LogP contribution in [0.3, 0.4) is 0 Å². The standard InChI is InChI=1S/C19H20BrN9/c20-11-7-23-29-16(11)26-18(28-9-14(21)19(10-28)5-6-19)27-17(29)22-8-15-24-12-3-1-2-4-13(12)25-15/h1-4,7,14H,5-6,8-10,21H2,(H,24,25)(H,22,26,27)/t14-/m1/s1. The van der Waals surface area contributed by atoms with Crippen molar-refractivity contribution in [3.8, 4) is 0 Å². The Morgan fingerprint density at radius 3 is 2.90 bits per heavy atom. The molecule has 1 aliphatic heterocycles. The molecule has 1 saturated carbocycles. The summed E-state index contributed by atoms with van der Waals surface area (Å²) < 4.78 is 2.54. The summed E-state index contributed by atoms with van der Waals surface area (Å²) in [4.78, 5) is 19.7. The number of halogens is 1. The summed E-state index contributed by atoms with van der Waals surface area (Å²) in [5.41, 5.74) is 9.33. The first-order chi connectivity index (χ1) is 14.1. The minimum absolute atomic E-state index is 0.183. The van der Waals surface area contributed by atoms with E-state index in [2.05, 4.69) is 41.2 Å². The molecule has 1 aliphatic carbocycles. The summed E-state index contributed by atoms with van der Waals surface area (Å²) in [5, 5.41) is 7.77. The molecule has 4 heterocycles. The van der Waals surface area contributed by atoms with Crippen LogP contribution in [0, 0.1) is 5.41 Å². The molecule has 29 heavy (non-hydrogen) atoms. The Hall–Kier alpha value is -2.72. The zero-order chi connectivity index (χ0) is 19.6. The van der Waals surface area contributed by atoms with Gasteiger partial charge in [0.1, 0.15) is 5.82 Å². The lowest BCUT2D eigenvalue weighted by Gasteiger charge is -2.17. The van der Waals surface area contributed by atoms with E-state index in [9.17, 15) is 0 Å². The van der Waals surface area contributed by atoms with Crippen LogP contribution >= 0.6 is 15.9 Å². The zero-order valence-electron chi connectivity index (χ0n) is 15.6. The van der Waals surface area contributed by atoms with E-state index in [-0.39, 0.29) is 11.5 Å². The summed E-state index contributed by atoms with van der Waals surface area (Å²) in [6.07, 6.45) is 4.12. The summed E-state index contributed by atoms with van der Waals surface area (Å²) in [5.74, 6) is 2.15. The maximum absolute atomic E-state index is 6.38. The normalized spacial score (nSPS) is 20.2. The van der Waals surface area contributed by atoms with Crippen molar-refractivity contribution in [2.45, 2.75) is 25.4 Å². The van der Waals surface area contributed by atoms with Crippen molar-refractivity contribution in [1.82, 2.24) is 29.5 Å². The number of hydrogen-bond acceptors (Lipinski definition) is 7. The average Bonchev–Trinajstić information content (AvgIpc) is 3.07. The van der Waals surface area contributed by atoms with E-state index < -0.39 is 0 Å². The van der Waals surface area contributed by atoms with Gasteiger partial charge in [0.2, 0.25) is 11.9 Å². The maximum atomic E-state index is 6.38. The molecular formula is C19H20BrN9. The van der Waals surface area contributed by atoms with Crippen LogP contribution < -0.4 is 16.0 Å². The van der Waals surface area contributed by atoms with Crippen LogP contribution in [-0.2, 0) is 6.54 Å². The monoisotopic (exact) mass is 453 g/mol. The highest BCUT2D eigenvalue weighted by atomic mass is 79.9. The second-order valence-electron chi connectivity index (χ2n) is 7.98. The predicted octanol–water partition coefficient (Wildman–Crippen LogP) is 2.30. The van der Waals surface area contributed by atoms with Crippen LogP contribution in [0.15, 0.2) is 34.9 Å². The number of fused-ring (bicyclic) bond motifs is 2. The number of nitrogens with one attached hydrogen (secondary N) is 2. The molecule has 0 bridgehead atoms. The third-order valence-corrected chi connectivity index (χ3v) is 6.61. The Balaban J connectivity index is 1.33. The number of anilines is 2. The lowest BCUT2D eigenvalue weighted by atomic mass is 10.0. The molecule has 0 amide bonds. The predicted molar refractivity (Wildman–Crippen MR) is 114 cm³/mol. The second kappa shape index (κ2) is 6.14. The maximum Gasteiger partial charge on any atom is 0.230 e. The van der Waals surface area contributed by atoms with E-state index in [1.807, 2.05) is 24.3 Å². The third-order valence-electron chi connectivity index (χ3n) is 6.05. The molecule has 6 rings (SSSR count). The van der Waals surface area contributed by atoms with E-state index in [1.54, 1.807) is 10.7 Å². The highest BCUT2D eigenvalue weighted by molar-refractivity contribution is 9.10. The van der Waals surface area contributed by atoms with Crippen molar-refractivity contribution in [2.75, 3.05) is 23.3 Å². The van der Waals surface area contributed by atoms with Gasteiger partial charge in [0.25, 0.3) is 0 Å². The molecule has 10 heteroatoms. The Bertz CT molecular complexity index is 1190. The smallest absolute Gasteiger partial charge is 0.230 e. The van der Waals surface area contributed by atoms with Gasteiger partial charge in [0, 0.05) is 24.5 Å². The number of nitrogens with two attached hydrogens (primary N) is 1. The summed E-state index contributed by atoms with van der Waals surface area (Å²) in [6.45, 7) is 2.20. The van der Waals surface area contributed by atoms with Crippen molar-refractivity contribution in [2.24, 2.45) is 11.1 Å². The van der Waals surface area contributed by atoms with Crippen LogP contribution in [0.5, 0.6) is 0 Å². The van der Waals surface area contributed by atoms with Crippen molar-refractivity contribution < 1.29 is 0 Å². The average molecular weight is 454 g/mol. The molecule has 9 nitrogen and oxygen atoms in total. The van der Waals surface area contributed by atoms with Gasteiger partial charge in [-0.2, -0.15) is 19.6 Å². The van der Waals surface area contributed by atoms with Gasteiger partial charge < -0.3 is 20.9 Å². The van der Waals surface area contributed by atoms with Crippen molar-refractivity contribution in [3.63, 3.8) is 0 Å². The number of hydrogen-bond donors (Lipinski definition) is 3. The number of nitrogens with zero attached hydrogens (tertiary/aromatic N) is 6. The van der Waals surface area contributed by atoms with Crippen LogP contribution in [0.1, 0.15) is 18.7 Å². The number of aromatic amines is 1. The van der Waals surface area contributed by atoms with Gasteiger partial charge in [-0.3, -0.25) is 0 Å². The molecule has 0 unspecified atom stereocenters. The zero-order valence-corrected chi connectivity index (χ0v) is 17.2. The highest BCUT2D eigenvalue weighted by Gasteiger charge is 2.54. The quantitative estimate of drug-likeness (QED) is 0.434. The number of imidazole rings is 1. The minimum atomic E-state index is 0.183. The van der Waals surface area contributed by atoms with Crippen LogP contribution in [-0.4, -0.2) is 48.7 Å². The second-order valence-corrected chi connectivity index (χ2v) is 8.83. The van der Waals surface area contributed by atoms with Gasteiger partial charge >= 0.3 is 0 Å². The molecule has 1 aromatic carbocycles. The molecule has 1 saturated heterocycles. The van der Waals surface area contributed by atoms with Gasteiger partial charge in [-0.05, 0) is 40.9 Å². The molecule has 148 valence electrons. The highest BCUT2D eigenvalue weighted by Crippen LogP contribution is 2.52. The van der Waals surface area contributed by atoms with E-state index >= 15 is 0 Å². The fourth-order valence-electron chi connectivity index (χ4n) is 4.18. The van der Waals surface area contributed by atoms with Crippen molar-refractivity contribution >= 4 is 44.5 Å². The van der Waals surface area contributed by atoms with Gasteiger partial charge in [0.15, 0.2) is 5.65 Å². The molecule has 4 N–H and O–H groups in total. The van der Waals surface area contributed by atoms with Gasteiger partial charge in [0.05, 0.1) is 28.2 Å². The summed E-state index contributed by atoms with van der Waals surface area (Å²) in [7, 11) is 0. The van der Waals surface area contributed by atoms with Crippen LogP contribution in [0.2, 0.25) is 0 Å². The van der Waals surface area contributed by atoms with Crippen molar-refractivity contribution in [1.29, 1.82) is 0 Å². The lowest BCUT2D eigenvalue weighted by Crippen LogP contribution is -2.30. The Morgan fingerprint density at radius 1 is 1.24 bits per heavy atom.